The molecule has 108 valence electrons. The third-order valence-corrected chi connectivity index (χ3v) is 4.39. The van der Waals surface area contributed by atoms with E-state index in [1.807, 2.05) is 6.20 Å². The first-order chi connectivity index (χ1) is 9.55. The zero-order valence-corrected chi connectivity index (χ0v) is 12.6. The zero-order valence-electron chi connectivity index (χ0n) is 12.6. The van der Waals surface area contributed by atoms with Crippen molar-refractivity contribution >= 4 is 10.9 Å². The molecule has 0 spiro atoms. The van der Waals surface area contributed by atoms with Crippen LogP contribution in [0.3, 0.4) is 0 Å². The van der Waals surface area contributed by atoms with E-state index in [0.717, 1.165) is 26.0 Å². The number of H-pyrrole nitrogens is 1. The van der Waals surface area contributed by atoms with Gasteiger partial charge in [0.05, 0.1) is 5.60 Å². The van der Waals surface area contributed by atoms with Crippen molar-refractivity contribution in [3.8, 4) is 0 Å². The lowest BCUT2D eigenvalue weighted by molar-refractivity contribution is -0.0809. The molecular formula is C17H24N2O. The molecule has 0 bridgehead atoms. The van der Waals surface area contributed by atoms with E-state index in [2.05, 4.69) is 55.0 Å². The van der Waals surface area contributed by atoms with Gasteiger partial charge in [0.2, 0.25) is 0 Å². The van der Waals surface area contributed by atoms with Crippen molar-refractivity contribution in [2.75, 3.05) is 13.7 Å². The summed E-state index contributed by atoms with van der Waals surface area (Å²) in [6.07, 6.45) is 4.25. The van der Waals surface area contributed by atoms with Gasteiger partial charge in [-0.1, -0.05) is 18.2 Å². The molecule has 1 aliphatic rings. The molecule has 1 N–H and O–H groups in total. The summed E-state index contributed by atoms with van der Waals surface area (Å²) in [5.74, 6) is 0. The summed E-state index contributed by atoms with van der Waals surface area (Å²) in [6.45, 7) is 6.24. The monoisotopic (exact) mass is 272 g/mol. The van der Waals surface area contributed by atoms with Crippen molar-refractivity contribution < 1.29 is 4.74 Å². The number of nitrogens with zero attached hydrogens (tertiary/aromatic N) is 1. The Morgan fingerprint density at radius 3 is 3.00 bits per heavy atom. The van der Waals surface area contributed by atoms with Crippen molar-refractivity contribution in [3.63, 3.8) is 0 Å². The molecule has 0 radical (unpaired) electrons. The lowest BCUT2D eigenvalue weighted by Gasteiger charge is -2.39. The van der Waals surface area contributed by atoms with E-state index in [1.54, 1.807) is 0 Å². The molecule has 1 fully saturated rings. The van der Waals surface area contributed by atoms with Gasteiger partial charge in [0.15, 0.2) is 0 Å². The highest BCUT2D eigenvalue weighted by molar-refractivity contribution is 5.82. The number of hydrogen-bond donors (Lipinski definition) is 1. The lowest BCUT2D eigenvalue weighted by Crippen LogP contribution is -2.44. The number of aromatic nitrogens is 1. The fourth-order valence-electron chi connectivity index (χ4n) is 3.26. The molecule has 1 unspecified atom stereocenters. The van der Waals surface area contributed by atoms with Gasteiger partial charge in [-0.2, -0.15) is 0 Å². The number of benzene rings is 1. The van der Waals surface area contributed by atoms with Crippen LogP contribution in [0.15, 0.2) is 30.5 Å². The van der Waals surface area contributed by atoms with Gasteiger partial charge in [-0.25, -0.2) is 0 Å². The largest absolute Gasteiger partial charge is 0.375 e. The summed E-state index contributed by atoms with van der Waals surface area (Å²) in [6, 6.07) is 9.26. The van der Waals surface area contributed by atoms with Gasteiger partial charge in [0.25, 0.3) is 0 Å². The maximum atomic E-state index is 5.82. The van der Waals surface area contributed by atoms with Crippen LogP contribution >= 0.6 is 0 Å². The van der Waals surface area contributed by atoms with Crippen molar-refractivity contribution in [1.29, 1.82) is 0 Å². The number of rotatable bonds is 3. The number of ether oxygens (including phenoxy) is 1. The molecule has 1 aromatic carbocycles. The molecule has 1 saturated heterocycles. The van der Waals surface area contributed by atoms with Crippen LogP contribution in [0.1, 0.15) is 32.3 Å². The summed E-state index contributed by atoms with van der Waals surface area (Å²) in [4.78, 5) is 5.83. The first-order valence-electron chi connectivity index (χ1n) is 7.44. The van der Waals surface area contributed by atoms with Gasteiger partial charge in [-0.15, -0.1) is 0 Å². The Balaban J connectivity index is 1.75. The topological polar surface area (TPSA) is 28.3 Å². The summed E-state index contributed by atoms with van der Waals surface area (Å²) in [5, 5.41) is 1.29. The predicted molar refractivity (Wildman–Crippen MR) is 82.8 cm³/mol. The highest BCUT2D eigenvalue weighted by atomic mass is 16.5. The Kier molecular flexibility index (Phi) is 3.57. The van der Waals surface area contributed by atoms with Crippen LogP contribution in [-0.2, 0) is 11.3 Å². The standard InChI is InChI=1S/C17H24N2O/c1-17(2)11-15(8-10-20-17)19(3)12-14-6-4-5-13-7-9-18-16(13)14/h4-7,9,15,18H,8,10-12H2,1-3H3. The number of fused-ring (bicyclic) bond motifs is 1. The van der Waals surface area contributed by atoms with Gasteiger partial charge >= 0.3 is 0 Å². The second-order valence-electron chi connectivity index (χ2n) is 6.53. The van der Waals surface area contributed by atoms with Crippen LogP contribution in [0, 0.1) is 0 Å². The van der Waals surface area contributed by atoms with E-state index >= 15 is 0 Å². The molecule has 3 nitrogen and oxygen atoms in total. The van der Waals surface area contributed by atoms with E-state index in [1.165, 1.54) is 16.5 Å². The molecule has 1 aromatic heterocycles. The van der Waals surface area contributed by atoms with E-state index in [-0.39, 0.29) is 5.60 Å². The summed E-state index contributed by atoms with van der Waals surface area (Å²) in [7, 11) is 2.23. The summed E-state index contributed by atoms with van der Waals surface area (Å²) >= 11 is 0. The lowest BCUT2D eigenvalue weighted by atomic mass is 9.93. The summed E-state index contributed by atoms with van der Waals surface area (Å²) in [5.41, 5.74) is 2.65. The van der Waals surface area contributed by atoms with E-state index < -0.39 is 0 Å². The van der Waals surface area contributed by atoms with Crippen LogP contribution in [0.5, 0.6) is 0 Å². The maximum Gasteiger partial charge on any atom is 0.0641 e. The van der Waals surface area contributed by atoms with Crippen molar-refractivity contribution in [1.82, 2.24) is 9.88 Å². The van der Waals surface area contributed by atoms with Crippen LogP contribution < -0.4 is 0 Å². The van der Waals surface area contributed by atoms with Gasteiger partial charge < -0.3 is 9.72 Å². The fraction of sp³-hybridized carbons (Fsp3) is 0.529. The normalized spacial score (nSPS) is 22.5. The third-order valence-electron chi connectivity index (χ3n) is 4.39. The number of para-hydroxylation sites is 1. The molecule has 0 aliphatic carbocycles. The molecule has 1 atom stereocenters. The zero-order chi connectivity index (χ0) is 14.2. The average Bonchev–Trinajstić information content (AvgIpc) is 2.87. The molecule has 3 heteroatoms. The van der Waals surface area contributed by atoms with Gasteiger partial charge in [0.1, 0.15) is 0 Å². The van der Waals surface area contributed by atoms with E-state index in [4.69, 9.17) is 4.74 Å². The van der Waals surface area contributed by atoms with Crippen LogP contribution in [0.2, 0.25) is 0 Å². The Morgan fingerprint density at radius 1 is 1.35 bits per heavy atom. The average molecular weight is 272 g/mol. The van der Waals surface area contributed by atoms with Gasteiger partial charge in [-0.05, 0) is 50.8 Å². The van der Waals surface area contributed by atoms with E-state index in [9.17, 15) is 0 Å². The van der Waals surface area contributed by atoms with Gasteiger partial charge in [-0.3, -0.25) is 4.90 Å². The first-order valence-corrected chi connectivity index (χ1v) is 7.44. The minimum atomic E-state index is 0.00954. The molecule has 20 heavy (non-hydrogen) atoms. The predicted octanol–water partition coefficient (Wildman–Crippen LogP) is 3.56. The van der Waals surface area contributed by atoms with Crippen molar-refractivity contribution in [2.45, 2.75) is 44.9 Å². The number of hydrogen-bond acceptors (Lipinski definition) is 2. The van der Waals surface area contributed by atoms with Crippen LogP contribution in [-0.4, -0.2) is 35.2 Å². The number of nitrogens with one attached hydrogen (secondary N) is 1. The maximum absolute atomic E-state index is 5.82. The molecule has 3 rings (SSSR count). The SMILES string of the molecule is CN(Cc1cccc2cc[nH]c12)C1CCOC(C)(C)C1. The Morgan fingerprint density at radius 2 is 2.20 bits per heavy atom. The molecule has 0 amide bonds. The van der Waals surface area contributed by atoms with Crippen LogP contribution in [0.4, 0.5) is 0 Å². The molecule has 2 aromatic rings. The third kappa shape index (κ3) is 2.74. The molecule has 2 heterocycles. The minimum absolute atomic E-state index is 0.00954. The van der Waals surface area contributed by atoms with E-state index in [0.29, 0.717) is 6.04 Å². The highest BCUT2D eigenvalue weighted by Gasteiger charge is 2.30. The quantitative estimate of drug-likeness (QED) is 0.925. The van der Waals surface area contributed by atoms with Gasteiger partial charge in [0, 0.05) is 30.9 Å². The Bertz CT molecular complexity index is 587. The molecular weight excluding hydrogens is 248 g/mol. The summed E-state index contributed by atoms with van der Waals surface area (Å²) < 4.78 is 5.82. The molecule has 0 saturated carbocycles. The fourth-order valence-corrected chi connectivity index (χ4v) is 3.26. The van der Waals surface area contributed by atoms with Crippen LogP contribution in [0.25, 0.3) is 10.9 Å². The van der Waals surface area contributed by atoms with Crippen molar-refractivity contribution in [3.05, 3.63) is 36.0 Å². The van der Waals surface area contributed by atoms with Crippen molar-refractivity contribution in [2.24, 2.45) is 0 Å². The molecule has 1 aliphatic heterocycles. The first kappa shape index (κ1) is 13.7. The Labute approximate surface area is 120 Å². The highest BCUT2D eigenvalue weighted by Crippen LogP contribution is 2.28. The number of aromatic amines is 1. The smallest absolute Gasteiger partial charge is 0.0641 e. The Hall–Kier alpha value is -1.32. The second-order valence-corrected chi connectivity index (χ2v) is 6.53. The second kappa shape index (κ2) is 5.23. The minimum Gasteiger partial charge on any atom is -0.375 e.